The molecule has 2 heteroatoms. The van der Waals surface area contributed by atoms with Crippen molar-refractivity contribution in [2.24, 2.45) is 5.92 Å². The van der Waals surface area contributed by atoms with E-state index in [1.165, 1.54) is 5.56 Å². The minimum absolute atomic E-state index is 0.151. The maximum absolute atomic E-state index is 9.04. The van der Waals surface area contributed by atoms with Crippen molar-refractivity contribution in [3.8, 4) is 6.07 Å². The monoisotopic (exact) mass is 226 g/mol. The number of hydrogen-bond acceptors (Lipinski definition) is 2. The summed E-state index contributed by atoms with van der Waals surface area (Å²) in [5.74, 6) is 0.418. The van der Waals surface area contributed by atoms with E-state index in [1.807, 2.05) is 6.07 Å². The van der Waals surface area contributed by atoms with Gasteiger partial charge < -0.3 is 5.41 Å². The van der Waals surface area contributed by atoms with Gasteiger partial charge in [0.15, 0.2) is 0 Å². The fourth-order valence-corrected chi connectivity index (χ4v) is 2.60. The number of nitriles is 1. The maximum Gasteiger partial charge on any atom is 0.0838 e. The van der Waals surface area contributed by atoms with E-state index in [2.05, 4.69) is 30.3 Å². The van der Waals surface area contributed by atoms with Crippen LogP contribution in [0.5, 0.6) is 0 Å². The second kappa shape index (κ2) is 5.63. The zero-order chi connectivity index (χ0) is 12.1. The molecule has 1 N–H and O–H groups in total. The predicted molar refractivity (Wildman–Crippen MR) is 69.1 cm³/mol. The van der Waals surface area contributed by atoms with E-state index in [9.17, 15) is 0 Å². The molecular formula is C15H18N2. The summed E-state index contributed by atoms with van der Waals surface area (Å²) in [6.45, 7) is 0. The van der Waals surface area contributed by atoms with Gasteiger partial charge in [0.2, 0.25) is 0 Å². The highest BCUT2D eigenvalue weighted by Gasteiger charge is 2.21. The molecule has 0 aliphatic heterocycles. The third-order valence-corrected chi connectivity index (χ3v) is 3.65. The molecule has 0 radical (unpaired) electrons. The summed E-state index contributed by atoms with van der Waals surface area (Å²) < 4.78 is 0. The van der Waals surface area contributed by atoms with Crippen molar-refractivity contribution in [2.75, 3.05) is 0 Å². The Bertz CT molecular complexity index is 416. The minimum atomic E-state index is -0.151. The largest absolute Gasteiger partial charge is 0.308 e. The third kappa shape index (κ3) is 2.94. The first-order valence-corrected chi connectivity index (χ1v) is 6.33. The lowest BCUT2D eigenvalue weighted by molar-refractivity contribution is 0.500. The van der Waals surface area contributed by atoms with Crippen LogP contribution < -0.4 is 0 Å². The van der Waals surface area contributed by atoms with E-state index in [0.717, 1.165) is 32.1 Å². The second-order valence-corrected chi connectivity index (χ2v) is 4.78. The predicted octanol–water partition coefficient (Wildman–Crippen LogP) is 3.89. The molecule has 17 heavy (non-hydrogen) atoms. The molecule has 0 amide bonds. The number of nitrogens with one attached hydrogen (secondary N) is 1. The summed E-state index contributed by atoms with van der Waals surface area (Å²) in [5.41, 5.74) is 2.02. The van der Waals surface area contributed by atoms with Crippen LogP contribution in [0.4, 0.5) is 0 Å². The van der Waals surface area contributed by atoms with Crippen molar-refractivity contribution < 1.29 is 0 Å². The van der Waals surface area contributed by atoms with E-state index in [1.54, 1.807) is 0 Å². The molecule has 0 saturated heterocycles. The highest BCUT2D eigenvalue weighted by atomic mass is 14.5. The molecule has 2 atom stereocenters. The van der Waals surface area contributed by atoms with Gasteiger partial charge in [-0.2, -0.15) is 5.26 Å². The summed E-state index contributed by atoms with van der Waals surface area (Å²) >= 11 is 0. The first-order valence-electron chi connectivity index (χ1n) is 6.33. The van der Waals surface area contributed by atoms with Crippen LogP contribution in [-0.4, -0.2) is 5.71 Å². The number of nitrogens with zero attached hydrogens (tertiary/aromatic N) is 1. The van der Waals surface area contributed by atoms with Crippen LogP contribution in [0.3, 0.4) is 0 Å². The molecule has 0 bridgehead atoms. The minimum Gasteiger partial charge on any atom is -0.308 e. The van der Waals surface area contributed by atoms with E-state index < -0.39 is 0 Å². The fourth-order valence-electron chi connectivity index (χ4n) is 2.60. The Hall–Kier alpha value is -1.62. The Kier molecular flexibility index (Phi) is 3.93. The molecule has 1 aliphatic rings. The second-order valence-electron chi connectivity index (χ2n) is 4.78. The summed E-state index contributed by atoms with van der Waals surface area (Å²) in [5, 5.41) is 16.9. The van der Waals surface area contributed by atoms with Gasteiger partial charge in [0.25, 0.3) is 0 Å². The lowest BCUT2D eigenvalue weighted by Crippen LogP contribution is -2.16. The van der Waals surface area contributed by atoms with Crippen molar-refractivity contribution >= 4 is 5.71 Å². The third-order valence-electron chi connectivity index (χ3n) is 3.65. The molecule has 0 spiro atoms. The molecule has 88 valence electrons. The van der Waals surface area contributed by atoms with Crippen molar-refractivity contribution in [3.05, 3.63) is 35.9 Å². The van der Waals surface area contributed by atoms with Gasteiger partial charge in [0.05, 0.1) is 12.0 Å². The Balaban J connectivity index is 2.07. The van der Waals surface area contributed by atoms with Crippen LogP contribution in [0.15, 0.2) is 30.3 Å². The van der Waals surface area contributed by atoms with Gasteiger partial charge in [-0.3, -0.25) is 0 Å². The Morgan fingerprint density at radius 3 is 2.59 bits per heavy atom. The summed E-state index contributed by atoms with van der Waals surface area (Å²) in [6.07, 6.45) is 4.85. The van der Waals surface area contributed by atoms with Crippen molar-refractivity contribution in [1.82, 2.24) is 0 Å². The number of hydrogen-bond donors (Lipinski definition) is 1. The summed E-state index contributed by atoms with van der Waals surface area (Å²) in [4.78, 5) is 0. The maximum atomic E-state index is 9.04. The van der Waals surface area contributed by atoms with Crippen molar-refractivity contribution in [1.29, 1.82) is 10.7 Å². The smallest absolute Gasteiger partial charge is 0.0838 e. The van der Waals surface area contributed by atoms with Crippen LogP contribution in [0.2, 0.25) is 0 Å². The first-order chi connectivity index (χ1) is 8.31. The average Bonchev–Trinajstić information content (AvgIpc) is 2.35. The van der Waals surface area contributed by atoms with Crippen molar-refractivity contribution in [2.45, 2.75) is 38.0 Å². The molecule has 1 aromatic rings. The lowest BCUT2D eigenvalue weighted by atomic mass is 9.82. The molecule has 1 saturated carbocycles. The van der Waals surface area contributed by atoms with Crippen LogP contribution in [-0.2, 0) is 0 Å². The summed E-state index contributed by atoms with van der Waals surface area (Å²) in [7, 11) is 0. The highest BCUT2D eigenvalue weighted by Crippen LogP contribution is 2.31. The molecule has 2 rings (SSSR count). The van der Waals surface area contributed by atoms with E-state index in [4.69, 9.17) is 10.7 Å². The van der Waals surface area contributed by atoms with Gasteiger partial charge in [-0.15, -0.1) is 0 Å². The fraction of sp³-hybridized carbons (Fsp3) is 0.467. The molecule has 2 nitrogen and oxygen atoms in total. The normalized spacial score (nSPS) is 25.7. The number of rotatable bonds is 1. The summed E-state index contributed by atoms with van der Waals surface area (Å²) in [6, 6.07) is 12.8. The molecule has 0 heterocycles. The lowest BCUT2D eigenvalue weighted by Gasteiger charge is -2.22. The zero-order valence-corrected chi connectivity index (χ0v) is 10.0. The van der Waals surface area contributed by atoms with Gasteiger partial charge in [-0.05, 0) is 43.6 Å². The molecule has 0 aromatic heterocycles. The van der Waals surface area contributed by atoms with Crippen molar-refractivity contribution in [3.63, 3.8) is 0 Å². The molecule has 2 unspecified atom stereocenters. The SMILES string of the molecule is N#CC1CCC(c2ccccc2)CCCC1=N. The highest BCUT2D eigenvalue weighted by molar-refractivity contribution is 5.86. The molecule has 1 aliphatic carbocycles. The zero-order valence-electron chi connectivity index (χ0n) is 10.0. The Labute approximate surface area is 103 Å². The first kappa shape index (κ1) is 11.9. The quantitative estimate of drug-likeness (QED) is 0.775. The Morgan fingerprint density at radius 1 is 1.12 bits per heavy atom. The van der Waals surface area contributed by atoms with Gasteiger partial charge in [0.1, 0.15) is 0 Å². The van der Waals surface area contributed by atoms with Crippen LogP contribution in [0.25, 0.3) is 0 Å². The molecule has 1 fully saturated rings. The number of benzene rings is 1. The van der Waals surface area contributed by atoms with Gasteiger partial charge >= 0.3 is 0 Å². The molecule has 1 aromatic carbocycles. The van der Waals surface area contributed by atoms with Gasteiger partial charge in [0, 0.05) is 5.71 Å². The van der Waals surface area contributed by atoms with Crippen LogP contribution >= 0.6 is 0 Å². The van der Waals surface area contributed by atoms with Gasteiger partial charge in [-0.25, -0.2) is 0 Å². The molecular weight excluding hydrogens is 208 g/mol. The van der Waals surface area contributed by atoms with E-state index in [0.29, 0.717) is 11.6 Å². The standard InChI is InChI=1S/C15H18N2/c16-11-14-10-9-13(7-4-8-15(14)17)12-5-2-1-3-6-12/h1-3,5-6,13-14,17H,4,7-10H2. The van der Waals surface area contributed by atoms with Crippen LogP contribution in [0, 0.1) is 22.7 Å². The van der Waals surface area contributed by atoms with Gasteiger partial charge in [-0.1, -0.05) is 30.3 Å². The average molecular weight is 226 g/mol. The topological polar surface area (TPSA) is 47.6 Å². The van der Waals surface area contributed by atoms with E-state index >= 15 is 0 Å². The Morgan fingerprint density at radius 2 is 1.88 bits per heavy atom. The van der Waals surface area contributed by atoms with Crippen LogP contribution in [0.1, 0.15) is 43.6 Å². The van der Waals surface area contributed by atoms with E-state index in [-0.39, 0.29) is 5.92 Å².